The quantitative estimate of drug-likeness (QED) is 0.921. The molecule has 2 aromatic rings. The Morgan fingerprint density at radius 3 is 2.72 bits per heavy atom. The van der Waals surface area contributed by atoms with Gasteiger partial charge in [0.15, 0.2) is 0 Å². The highest BCUT2D eigenvalue weighted by Gasteiger charge is 2.11. The summed E-state index contributed by atoms with van der Waals surface area (Å²) in [5, 5.41) is 2.93. The van der Waals surface area contributed by atoms with Crippen molar-refractivity contribution in [3.63, 3.8) is 0 Å². The molecule has 0 spiro atoms. The molecule has 94 valence electrons. The molecule has 0 fully saturated rings. The highest BCUT2D eigenvalue weighted by Crippen LogP contribution is 2.13. The van der Waals surface area contributed by atoms with Gasteiger partial charge >= 0.3 is 0 Å². The molecule has 0 unspecified atom stereocenters. The van der Waals surface area contributed by atoms with Crippen LogP contribution in [-0.4, -0.2) is 10.9 Å². The number of thiazole rings is 1. The van der Waals surface area contributed by atoms with Crippen molar-refractivity contribution in [3.05, 3.63) is 51.0 Å². The molecule has 4 heteroatoms. The van der Waals surface area contributed by atoms with Gasteiger partial charge in [-0.1, -0.05) is 23.8 Å². The Labute approximate surface area is 111 Å². The second kappa shape index (κ2) is 5.31. The van der Waals surface area contributed by atoms with Crippen molar-refractivity contribution in [1.29, 1.82) is 0 Å². The van der Waals surface area contributed by atoms with Gasteiger partial charge in [-0.25, -0.2) is 4.98 Å². The van der Waals surface area contributed by atoms with Gasteiger partial charge in [0.1, 0.15) is 4.88 Å². The van der Waals surface area contributed by atoms with Crippen LogP contribution in [-0.2, 0) is 6.54 Å². The van der Waals surface area contributed by atoms with Crippen LogP contribution in [0.25, 0.3) is 0 Å². The molecule has 1 aromatic heterocycles. The Kier molecular flexibility index (Phi) is 3.77. The number of hydrogen-bond donors (Lipinski definition) is 1. The fourth-order valence-corrected chi connectivity index (χ4v) is 2.54. The van der Waals surface area contributed by atoms with Gasteiger partial charge in [0.05, 0.1) is 11.2 Å². The molecular formula is C14H16N2OS. The highest BCUT2D eigenvalue weighted by atomic mass is 32.1. The average molecular weight is 260 g/mol. The molecule has 1 amide bonds. The Balaban J connectivity index is 2.04. The Morgan fingerprint density at radius 2 is 2.11 bits per heavy atom. The van der Waals surface area contributed by atoms with E-state index in [0.717, 1.165) is 11.3 Å². The van der Waals surface area contributed by atoms with Gasteiger partial charge in [0.25, 0.3) is 5.91 Å². The standard InChI is InChI=1S/C14H16N2OS/c1-9-4-5-12(10(2)6-9)7-15-14(17)13-11(3)16-8-18-13/h4-6,8H,7H2,1-3H3,(H,15,17). The molecule has 0 saturated carbocycles. The summed E-state index contributed by atoms with van der Waals surface area (Å²) < 4.78 is 0. The van der Waals surface area contributed by atoms with Crippen LogP contribution in [0, 0.1) is 20.8 Å². The smallest absolute Gasteiger partial charge is 0.263 e. The lowest BCUT2D eigenvalue weighted by Gasteiger charge is -2.08. The maximum Gasteiger partial charge on any atom is 0.263 e. The zero-order valence-electron chi connectivity index (χ0n) is 10.8. The minimum absolute atomic E-state index is 0.0463. The Hall–Kier alpha value is -1.68. The van der Waals surface area contributed by atoms with Crippen LogP contribution >= 0.6 is 11.3 Å². The van der Waals surface area contributed by atoms with Crippen LogP contribution < -0.4 is 5.32 Å². The molecule has 1 N–H and O–H groups in total. The summed E-state index contributed by atoms with van der Waals surface area (Å²) in [4.78, 5) is 16.7. The van der Waals surface area contributed by atoms with Crippen molar-refractivity contribution in [2.24, 2.45) is 0 Å². The van der Waals surface area contributed by atoms with E-state index in [2.05, 4.69) is 42.3 Å². The third kappa shape index (κ3) is 2.76. The fourth-order valence-electron chi connectivity index (χ4n) is 1.82. The van der Waals surface area contributed by atoms with E-state index < -0.39 is 0 Å². The maximum atomic E-state index is 11.9. The van der Waals surface area contributed by atoms with E-state index in [0.29, 0.717) is 11.4 Å². The third-order valence-corrected chi connectivity index (χ3v) is 3.82. The van der Waals surface area contributed by atoms with Gasteiger partial charge in [-0.2, -0.15) is 0 Å². The van der Waals surface area contributed by atoms with E-state index in [1.54, 1.807) is 5.51 Å². The highest BCUT2D eigenvalue weighted by molar-refractivity contribution is 7.11. The van der Waals surface area contributed by atoms with Crippen LogP contribution in [0.4, 0.5) is 0 Å². The minimum Gasteiger partial charge on any atom is -0.347 e. The number of rotatable bonds is 3. The zero-order valence-corrected chi connectivity index (χ0v) is 11.6. The van der Waals surface area contributed by atoms with Crippen LogP contribution in [0.3, 0.4) is 0 Å². The predicted molar refractivity (Wildman–Crippen MR) is 73.9 cm³/mol. The number of carbonyl (C=O) groups is 1. The lowest BCUT2D eigenvalue weighted by atomic mass is 10.1. The van der Waals surface area contributed by atoms with Gasteiger partial charge < -0.3 is 5.32 Å². The fraction of sp³-hybridized carbons (Fsp3) is 0.286. The Morgan fingerprint density at radius 1 is 1.33 bits per heavy atom. The third-order valence-electron chi connectivity index (χ3n) is 2.89. The van der Waals surface area contributed by atoms with E-state index in [-0.39, 0.29) is 5.91 Å². The molecule has 0 atom stereocenters. The second-order valence-corrected chi connectivity index (χ2v) is 5.23. The van der Waals surface area contributed by atoms with Crippen LogP contribution in [0.5, 0.6) is 0 Å². The van der Waals surface area contributed by atoms with Crippen LogP contribution in [0.15, 0.2) is 23.7 Å². The summed E-state index contributed by atoms with van der Waals surface area (Å²) in [5.41, 5.74) is 6.08. The molecule has 0 bridgehead atoms. The second-order valence-electron chi connectivity index (χ2n) is 4.38. The molecule has 0 radical (unpaired) electrons. The van der Waals surface area contributed by atoms with Crippen molar-refractivity contribution >= 4 is 17.2 Å². The number of aromatic nitrogens is 1. The molecular weight excluding hydrogens is 244 g/mol. The molecule has 1 aromatic carbocycles. The number of aryl methyl sites for hydroxylation is 3. The summed E-state index contributed by atoms with van der Waals surface area (Å²) in [6.45, 7) is 6.54. The van der Waals surface area contributed by atoms with E-state index in [1.807, 2.05) is 6.92 Å². The van der Waals surface area contributed by atoms with Gasteiger partial charge in [-0.15, -0.1) is 11.3 Å². The number of hydrogen-bond acceptors (Lipinski definition) is 3. The summed E-state index contributed by atoms with van der Waals surface area (Å²) >= 11 is 1.38. The van der Waals surface area contributed by atoms with E-state index in [4.69, 9.17) is 0 Å². The number of carbonyl (C=O) groups excluding carboxylic acids is 1. The van der Waals surface area contributed by atoms with Crippen molar-refractivity contribution in [2.45, 2.75) is 27.3 Å². The average Bonchev–Trinajstić information content (AvgIpc) is 2.74. The summed E-state index contributed by atoms with van der Waals surface area (Å²) in [6, 6.07) is 6.25. The number of nitrogens with zero attached hydrogens (tertiary/aromatic N) is 1. The van der Waals surface area contributed by atoms with E-state index >= 15 is 0 Å². The monoisotopic (exact) mass is 260 g/mol. The topological polar surface area (TPSA) is 42.0 Å². The summed E-state index contributed by atoms with van der Waals surface area (Å²) in [5.74, 6) is -0.0463. The van der Waals surface area contributed by atoms with Crippen molar-refractivity contribution in [1.82, 2.24) is 10.3 Å². The first-order valence-electron chi connectivity index (χ1n) is 5.82. The lowest BCUT2D eigenvalue weighted by molar-refractivity contribution is 0.0954. The Bertz CT molecular complexity index is 575. The first-order chi connectivity index (χ1) is 8.58. The van der Waals surface area contributed by atoms with E-state index in [9.17, 15) is 4.79 Å². The normalized spacial score (nSPS) is 10.4. The van der Waals surface area contributed by atoms with Crippen LogP contribution in [0.2, 0.25) is 0 Å². The summed E-state index contributed by atoms with van der Waals surface area (Å²) in [7, 11) is 0. The number of benzene rings is 1. The molecule has 0 aliphatic carbocycles. The predicted octanol–water partition coefficient (Wildman–Crippen LogP) is 3.00. The van der Waals surface area contributed by atoms with Gasteiger partial charge in [0.2, 0.25) is 0 Å². The minimum atomic E-state index is -0.0463. The van der Waals surface area contributed by atoms with Crippen molar-refractivity contribution in [2.75, 3.05) is 0 Å². The molecule has 0 aliphatic rings. The van der Waals surface area contributed by atoms with Crippen molar-refractivity contribution in [3.8, 4) is 0 Å². The van der Waals surface area contributed by atoms with Gasteiger partial charge in [-0.3, -0.25) is 4.79 Å². The number of amides is 1. The molecule has 0 saturated heterocycles. The first-order valence-corrected chi connectivity index (χ1v) is 6.70. The van der Waals surface area contributed by atoms with Gasteiger partial charge in [0, 0.05) is 6.54 Å². The molecule has 0 aliphatic heterocycles. The van der Waals surface area contributed by atoms with Crippen LogP contribution in [0.1, 0.15) is 32.1 Å². The maximum absolute atomic E-state index is 11.9. The molecule has 2 rings (SSSR count). The largest absolute Gasteiger partial charge is 0.347 e. The molecule has 1 heterocycles. The lowest BCUT2D eigenvalue weighted by Crippen LogP contribution is -2.23. The first kappa shape index (κ1) is 12.8. The molecule has 3 nitrogen and oxygen atoms in total. The van der Waals surface area contributed by atoms with E-state index in [1.165, 1.54) is 22.5 Å². The molecule has 18 heavy (non-hydrogen) atoms. The van der Waals surface area contributed by atoms with Crippen molar-refractivity contribution < 1.29 is 4.79 Å². The summed E-state index contributed by atoms with van der Waals surface area (Å²) in [6.07, 6.45) is 0. The number of nitrogens with one attached hydrogen (secondary N) is 1. The zero-order chi connectivity index (χ0) is 13.1. The SMILES string of the molecule is Cc1ccc(CNC(=O)c2scnc2C)c(C)c1. The van der Waals surface area contributed by atoms with Gasteiger partial charge in [-0.05, 0) is 31.9 Å².